The van der Waals surface area contributed by atoms with Crippen LogP contribution in [0.25, 0.3) is 0 Å². The number of hydrogen-bond donors (Lipinski definition) is 1. The summed E-state index contributed by atoms with van der Waals surface area (Å²) >= 11 is 2.06. The molecule has 0 aromatic carbocycles. The Hall–Kier alpha value is -0.200. The van der Waals surface area contributed by atoms with Crippen LogP contribution in [-0.4, -0.2) is 22.6 Å². The van der Waals surface area contributed by atoms with Gasteiger partial charge in [0.25, 0.3) is 0 Å². The highest BCUT2D eigenvalue weighted by molar-refractivity contribution is 7.99. The minimum Gasteiger partial charge on any atom is -0.297 e. The smallest absolute Gasteiger partial charge is 0.109 e. The molecule has 2 nitrogen and oxygen atoms in total. The molecular formula is C15H28N2S. The second-order valence-electron chi connectivity index (χ2n) is 5.85. The minimum atomic E-state index is -0.246. The maximum Gasteiger partial charge on any atom is 0.109 e. The maximum atomic E-state index is 9.57. The summed E-state index contributed by atoms with van der Waals surface area (Å²) in [4.78, 5) is 0. The molecule has 0 aliphatic heterocycles. The maximum absolute atomic E-state index is 9.57. The first-order valence-electron chi connectivity index (χ1n) is 7.34. The summed E-state index contributed by atoms with van der Waals surface area (Å²) in [5.74, 6) is 1.74. The van der Waals surface area contributed by atoms with Gasteiger partial charge in [0.1, 0.15) is 5.54 Å². The SMILES string of the molecule is CCC(C)SCCC1CCCC1(C#N)NC(C)C. The first kappa shape index (κ1) is 15.9. The van der Waals surface area contributed by atoms with Crippen molar-refractivity contribution >= 4 is 11.8 Å². The quantitative estimate of drug-likeness (QED) is 0.759. The fourth-order valence-corrected chi connectivity index (χ4v) is 3.94. The van der Waals surface area contributed by atoms with Crippen LogP contribution < -0.4 is 5.32 Å². The second kappa shape index (κ2) is 7.40. The Bertz CT molecular complexity index is 285. The third-order valence-electron chi connectivity index (χ3n) is 4.01. The molecule has 0 saturated heterocycles. The molecule has 1 N–H and O–H groups in total. The molecule has 1 fully saturated rings. The second-order valence-corrected chi connectivity index (χ2v) is 7.40. The minimum absolute atomic E-state index is 0.246. The van der Waals surface area contributed by atoms with E-state index in [0.29, 0.717) is 12.0 Å². The molecule has 0 aromatic heterocycles. The van der Waals surface area contributed by atoms with E-state index in [0.717, 1.165) is 11.7 Å². The molecule has 3 heteroatoms. The van der Waals surface area contributed by atoms with Crippen LogP contribution in [0.15, 0.2) is 0 Å². The molecule has 3 atom stereocenters. The predicted molar refractivity (Wildman–Crippen MR) is 80.8 cm³/mol. The molecule has 0 heterocycles. The molecule has 1 aliphatic carbocycles. The summed E-state index contributed by atoms with van der Waals surface area (Å²) in [7, 11) is 0. The molecule has 1 saturated carbocycles. The van der Waals surface area contributed by atoms with Gasteiger partial charge in [-0.25, -0.2) is 0 Å². The van der Waals surface area contributed by atoms with Gasteiger partial charge in [0, 0.05) is 11.3 Å². The zero-order chi connectivity index (χ0) is 13.6. The Labute approximate surface area is 117 Å². The monoisotopic (exact) mass is 268 g/mol. The number of nitriles is 1. The normalized spacial score (nSPS) is 29.4. The summed E-state index contributed by atoms with van der Waals surface area (Å²) in [6.07, 6.45) is 5.87. The van der Waals surface area contributed by atoms with Gasteiger partial charge >= 0.3 is 0 Å². The highest BCUT2D eigenvalue weighted by Crippen LogP contribution is 2.38. The number of rotatable bonds is 7. The van der Waals surface area contributed by atoms with Gasteiger partial charge < -0.3 is 0 Å². The van der Waals surface area contributed by atoms with Gasteiger partial charge in [-0.05, 0) is 51.2 Å². The topological polar surface area (TPSA) is 35.8 Å². The summed E-state index contributed by atoms with van der Waals surface area (Å²) in [6, 6.07) is 2.99. The average molecular weight is 268 g/mol. The number of nitrogens with one attached hydrogen (secondary N) is 1. The Morgan fingerprint density at radius 3 is 2.72 bits per heavy atom. The van der Waals surface area contributed by atoms with E-state index >= 15 is 0 Å². The van der Waals surface area contributed by atoms with Gasteiger partial charge in [0.2, 0.25) is 0 Å². The van der Waals surface area contributed by atoms with E-state index in [1.54, 1.807) is 0 Å². The number of hydrogen-bond acceptors (Lipinski definition) is 3. The van der Waals surface area contributed by atoms with Crippen LogP contribution in [-0.2, 0) is 0 Å². The molecule has 104 valence electrons. The highest BCUT2D eigenvalue weighted by atomic mass is 32.2. The number of nitrogens with zero attached hydrogens (tertiary/aromatic N) is 1. The van der Waals surface area contributed by atoms with E-state index in [1.165, 1.54) is 31.4 Å². The third kappa shape index (κ3) is 4.17. The lowest BCUT2D eigenvalue weighted by molar-refractivity contribution is 0.289. The van der Waals surface area contributed by atoms with Crippen LogP contribution in [0, 0.1) is 17.2 Å². The zero-order valence-corrected chi connectivity index (χ0v) is 13.1. The molecule has 0 amide bonds. The van der Waals surface area contributed by atoms with Crippen molar-refractivity contribution < 1.29 is 0 Å². The van der Waals surface area contributed by atoms with Crippen LogP contribution in [0.1, 0.15) is 59.8 Å². The van der Waals surface area contributed by atoms with E-state index in [2.05, 4.69) is 50.8 Å². The molecule has 0 spiro atoms. The van der Waals surface area contributed by atoms with E-state index < -0.39 is 0 Å². The molecule has 0 aromatic rings. The van der Waals surface area contributed by atoms with Gasteiger partial charge in [0.15, 0.2) is 0 Å². The molecule has 0 bridgehead atoms. The fourth-order valence-electron chi connectivity index (χ4n) is 2.88. The first-order chi connectivity index (χ1) is 8.54. The number of thioether (sulfide) groups is 1. The van der Waals surface area contributed by atoms with Gasteiger partial charge in [-0.1, -0.05) is 20.3 Å². The van der Waals surface area contributed by atoms with Crippen LogP contribution in [0.3, 0.4) is 0 Å². The van der Waals surface area contributed by atoms with Crippen LogP contribution in [0.4, 0.5) is 0 Å². The molecule has 1 aliphatic rings. The lowest BCUT2D eigenvalue weighted by atomic mass is 9.86. The van der Waals surface area contributed by atoms with Crippen LogP contribution >= 0.6 is 11.8 Å². The molecule has 3 unspecified atom stereocenters. The van der Waals surface area contributed by atoms with E-state index in [1.807, 2.05) is 0 Å². The van der Waals surface area contributed by atoms with E-state index in [9.17, 15) is 5.26 Å². The van der Waals surface area contributed by atoms with Crippen molar-refractivity contribution in [2.24, 2.45) is 5.92 Å². The van der Waals surface area contributed by atoms with Crippen molar-refractivity contribution in [1.29, 1.82) is 5.26 Å². The standard InChI is InChI=1S/C15H28N2S/c1-5-13(4)18-10-8-14-7-6-9-15(14,11-16)17-12(2)3/h12-14,17H,5-10H2,1-4H3. The molecule has 18 heavy (non-hydrogen) atoms. The first-order valence-corrected chi connectivity index (χ1v) is 8.39. The van der Waals surface area contributed by atoms with Gasteiger partial charge in [0.05, 0.1) is 6.07 Å². The largest absolute Gasteiger partial charge is 0.297 e. The summed E-state index contributed by atoms with van der Waals surface area (Å²) in [6.45, 7) is 8.82. The summed E-state index contributed by atoms with van der Waals surface area (Å²) in [5.41, 5.74) is -0.246. The van der Waals surface area contributed by atoms with Gasteiger partial charge in [-0.2, -0.15) is 17.0 Å². The molecule has 1 rings (SSSR count). The third-order valence-corrected chi connectivity index (χ3v) is 5.38. The van der Waals surface area contributed by atoms with E-state index in [-0.39, 0.29) is 5.54 Å². The summed E-state index contributed by atoms with van der Waals surface area (Å²) < 4.78 is 0. The predicted octanol–water partition coefficient (Wildman–Crippen LogP) is 3.97. The van der Waals surface area contributed by atoms with E-state index in [4.69, 9.17) is 0 Å². The molecular weight excluding hydrogens is 240 g/mol. The molecule has 0 radical (unpaired) electrons. The van der Waals surface area contributed by atoms with Crippen molar-refractivity contribution in [2.75, 3.05) is 5.75 Å². The lowest BCUT2D eigenvalue weighted by Crippen LogP contribution is -2.50. The Morgan fingerprint density at radius 2 is 2.17 bits per heavy atom. The van der Waals surface area contributed by atoms with Gasteiger partial charge in [-0.15, -0.1) is 0 Å². The highest BCUT2D eigenvalue weighted by Gasteiger charge is 2.42. The van der Waals surface area contributed by atoms with Crippen molar-refractivity contribution in [3.8, 4) is 6.07 Å². The Balaban J connectivity index is 2.50. The lowest BCUT2D eigenvalue weighted by Gasteiger charge is -2.32. The van der Waals surface area contributed by atoms with Crippen molar-refractivity contribution in [3.63, 3.8) is 0 Å². The zero-order valence-electron chi connectivity index (χ0n) is 12.3. The fraction of sp³-hybridized carbons (Fsp3) is 0.933. The van der Waals surface area contributed by atoms with Gasteiger partial charge in [-0.3, -0.25) is 5.32 Å². The van der Waals surface area contributed by atoms with Crippen molar-refractivity contribution in [2.45, 2.75) is 76.6 Å². The average Bonchev–Trinajstić information content (AvgIpc) is 2.72. The van der Waals surface area contributed by atoms with Crippen molar-refractivity contribution in [3.05, 3.63) is 0 Å². The van der Waals surface area contributed by atoms with Crippen molar-refractivity contribution in [1.82, 2.24) is 5.32 Å². The summed E-state index contributed by atoms with van der Waals surface area (Å²) in [5, 5.41) is 13.9. The van der Waals surface area contributed by atoms with Crippen LogP contribution in [0.5, 0.6) is 0 Å². The Kier molecular flexibility index (Phi) is 6.52. The Morgan fingerprint density at radius 1 is 1.44 bits per heavy atom. The van der Waals surface area contributed by atoms with Crippen LogP contribution in [0.2, 0.25) is 0 Å².